The minimum Gasteiger partial charge on any atom is -0.335 e. The number of fused-ring (bicyclic) bond motifs is 1. The predicted molar refractivity (Wildman–Crippen MR) is 99.8 cm³/mol. The number of alkyl halides is 3. The smallest absolute Gasteiger partial charge is 0.335 e. The Morgan fingerprint density at radius 3 is 2.60 bits per heavy atom. The number of hydrogen-bond donors (Lipinski definition) is 1. The highest BCUT2D eigenvalue weighted by Gasteiger charge is 2.33. The van der Waals surface area contributed by atoms with Gasteiger partial charge in [-0.25, -0.2) is 33.0 Å². The summed E-state index contributed by atoms with van der Waals surface area (Å²) in [7, 11) is -3.73. The number of halogens is 4. The number of aromatic amines is 1. The fraction of sp³-hybridized carbons (Fsp3) is 0.188. The second-order valence-electron chi connectivity index (χ2n) is 6.05. The third-order valence-electron chi connectivity index (χ3n) is 4.14. The van der Waals surface area contributed by atoms with Gasteiger partial charge in [-0.15, -0.1) is 5.10 Å². The Balaban J connectivity index is 1.93. The van der Waals surface area contributed by atoms with E-state index in [1.165, 1.54) is 30.1 Å². The maximum atomic E-state index is 12.9. The van der Waals surface area contributed by atoms with Crippen LogP contribution in [0.3, 0.4) is 0 Å². The SMILES string of the molecule is CCS(=O)(=O)c1ccc(-n2cnc(Cl)n2)nc1-c1nc2cc(C(F)(F)F)ncc2[nH]1. The van der Waals surface area contributed by atoms with Crippen molar-refractivity contribution in [3.8, 4) is 17.3 Å². The normalized spacial score (nSPS) is 12.6. The maximum absolute atomic E-state index is 12.9. The second-order valence-corrected chi connectivity index (χ2v) is 8.63. The molecule has 156 valence electrons. The van der Waals surface area contributed by atoms with Gasteiger partial charge in [-0.2, -0.15) is 13.2 Å². The molecule has 0 bridgehead atoms. The summed E-state index contributed by atoms with van der Waals surface area (Å²) in [5.41, 5.74) is -1.05. The van der Waals surface area contributed by atoms with Crippen molar-refractivity contribution in [2.24, 2.45) is 0 Å². The van der Waals surface area contributed by atoms with E-state index in [1.54, 1.807) is 0 Å². The zero-order valence-corrected chi connectivity index (χ0v) is 16.6. The lowest BCUT2D eigenvalue weighted by atomic mass is 10.3. The van der Waals surface area contributed by atoms with Gasteiger partial charge >= 0.3 is 6.18 Å². The molecule has 0 radical (unpaired) electrons. The van der Waals surface area contributed by atoms with Crippen molar-refractivity contribution >= 4 is 32.5 Å². The molecule has 14 heteroatoms. The van der Waals surface area contributed by atoms with Crippen molar-refractivity contribution in [1.29, 1.82) is 0 Å². The van der Waals surface area contributed by atoms with Crippen LogP contribution in [0.1, 0.15) is 12.6 Å². The standard InChI is InChI=1S/C16H11ClF3N7O2S/c1-2-30(28,29)10-3-4-12(27-7-22-15(17)26-27)25-13(10)14-23-8-5-11(16(18,19)20)21-6-9(8)24-14/h3-7H,2H2,1H3,(H,23,24). The van der Waals surface area contributed by atoms with Gasteiger partial charge in [0.2, 0.25) is 5.28 Å². The van der Waals surface area contributed by atoms with Crippen LogP contribution < -0.4 is 0 Å². The Morgan fingerprint density at radius 1 is 1.20 bits per heavy atom. The monoisotopic (exact) mass is 457 g/mol. The van der Waals surface area contributed by atoms with Gasteiger partial charge in [0.15, 0.2) is 21.5 Å². The van der Waals surface area contributed by atoms with E-state index < -0.39 is 21.7 Å². The van der Waals surface area contributed by atoms with Crippen LogP contribution in [0.2, 0.25) is 5.28 Å². The van der Waals surface area contributed by atoms with Crippen molar-refractivity contribution in [3.63, 3.8) is 0 Å². The van der Waals surface area contributed by atoms with Crippen molar-refractivity contribution in [1.82, 2.24) is 34.7 Å². The summed E-state index contributed by atoms with van der Waals surface area (Å²) in [5, 5.41) is 3.86. The van der Waals surface area contributed by atoms with Gasteiger partial charge in [-0.05, 0) is 29.8 Å². The van der Waals surface area contributed by atoms with E-state index in [4.69, 9.17) is 11.6 Å². The minimum atomic E-state index is -4.64. The minimum absolute atomic E-state index is 0.0359. The lowest BCUT2D eigenvalue weighted by Gasteiger charge is -2.09. The molecule has 0 fully saturated rings. The van der Waals surface area contributed by atoms with Gasteiger partial charge in [0, 0.05) is 0 Å². The van der Waals surface area contributed by atoms with Crippen LogP contribution in [0, 0.1) is 0 Å². The van der Waals surface area contributed by atoms with Gasteiger partial charge in [-0.3, -0.25) is 0 Å². The molecule has 0 saturated carbocycles. The van der Waals surface area contributed by atoms with E-state index in [-0.39, 0.29) is 44.3 Å². The summed E-state index contributed by atoms with van der Waals surface area (Å²) in [5.74, 6) is -0.0591. The summed E-state index contributed by atoms with van der Waals surface area (Å²) in [6.45, 7) is 1.46. The topological polar surface area (TPSA) is 119 Å². The number of imidazole rings is 1. The van der Waals surface area contributed by atoms with Crippen LogP contribution in [-0.4, -0.2) is 48.9 Å². The first-order valence-corrected chi connectivity index (χ1v) is 10.4. The molecule has 9 nitrogen and oxygen atoms in total. The van der Waals surface area contributed by atoms with E-state index in [2.05, 4.69) is 30.0 Å². The molecule has 0 aromatic carbocycles. The fourth-order valence-corrected chi connectivity index (χ4v) is 3.82. The highest BCUT2D eigenvalue weighted by Crippen LogP contribution is 2.31. The molecule has 0 amide bonds. The number of sulfone groups is 1. The summed E-state index contributed by atoms with van der Waals surface area (Å²) < 4.78 is 65.1. The first-order valence-electron chi connectivity index (χ1n) is 8.33. The molecular weight excluding hydrogens is 447 g/mol. The molecule has 0 aliphatic rings. The van der Waals surface area contributed by atoms with Crippen LogP contribution in [0.25, 0.3) is 28.4 Å². The molecule has 0 aliphatic heterocycles. The fourth-order valence-electron chi connectivity index (χ4n) is 2.67. The highest BCUT2D eigenvalue weighted by atomic mass is 35.5. The number of H-pyrrole nitrogens is 1. The van der Waals surface area contributed by atoms with Crippen molar-refractivity contribution < 1.29 is 21.6 Å². The summed E-state index contributed by atoms with van der Waals surface area (Å²) in [6.07, 6.45) is -2.39. The summed E-state index contributed by atoms with van der Waals surface area (Å²) in [6, 6.07) is 3.49. The third-order valence-corrected chi connectivity index (χ3v) is 6.07. The Bertz CT molecular complexity index is 1360. The Hall–Kier alpha value is -3.06. The Morgan fingerprint density at radius 2 is 1.97 bits per heavy atom. The molecule has 0 saturated heterocycles. The van der Waals surface area contributed by atoms with Crippen LogP contribution in [0.4, 0.5) is 13.2 Å². The first kappa shape index (κ1) is 20.2. The summed E-state index contributed by atoms with van der Waals surface area (Å²) in [4.78, 5) is 18.2. The Kier molecular flexibility index (Phi) is 4.73. The first-order chi connectivity index (χ1) is 14.1. The van der Waals surface area contributed by atoms with Gasteiger partial charge in [0.25, 0.3) is 0 Å². The van der Waals surface area contributed by atoms with Gasteiger partial charge in [-0.1, -0.05) is 6.92 Å². The van der Waals surface area contributed by atoms with E-state index in [0.29, 0.717) is 0 Å². The number of nitrogens with zero attached hydrogens (tertiary/aromatic N) is 6. The number of hydrogen-bond acceptors (Lipinski definition) is 7. The lowest BCUT2D eigenvalue weighted by Crippen LogP contribution is -2.09. The van der Waals surface area contributed by atoms with E-state index in [1.807, 2.05) is 0 Å². The highest BCUT2D eigenvalue weighted by molar-refractivity contribution is 7.91. The van der Waals surface area contributed by atoms with E-state index >= 15 is 0 Å². The molecule has 1 N–H and O–H groups in total. The lowest BCUT2D eigenvalue weighted by molar-refractivity contribution is -0.141. The molecule has 4 rings (SSSR count). The second kappa shape index (κ2) is 7.02. The predicted octanol–water partition coefficient (Wildman–Crippen LogP) is 3.07. The largest absolute Gasteiger partial charge is 0.433 e. The van der Waals surface area contributed by atoms with Crippen molar-refractivity contribution in [2.75, 3.05) is 5.75 Å². The van der Waals surface area contributed by atoms with Crippen LogP contribution in [0.15, 0.2) is 35.6 Å². The summed E-state index contributed by atoms with van der Waals surface area (Å²) >= 11 is 5.71. The van der Waals surface area contributed by atoms with Gasteiger partial charge < -0.3 is 4.98 Å². The van der Waals surface area contributed by atoms with Crippen molar-refractivity contribution in [3.05, 3.63) is 41.7 Å². The van der Waals surface area contributed by atoms with E-state index in [9.17, 15) is 21.6 Å². The molecule has 0 atom stereocenters. The van der Waals surface area contributed by atoms with Crippen molar-refractivity contribution in [2.45, 2.75) is 18.0 Å². The quantitative estimate of drug-likeness (QED) is 0.500. The molecule has 30 heavy (non-hydrogen) atoms. The number of rotatable bonds is 4. The zero-order valence-electron chi connectivity index (χ0n) is 15.0. The molecule has 0 aliphatic carbocycles. The number of pyridine rings is 2. The van der Waals surface area contributed by atoms with Gasteiger partial charge in [0.1, 0.15) is 17.7 Å². The average molecular weight is 458 g/mol. The maximum Gasteiger partial charge on any atom is 0.433 e. The average Bonchev–Trinajstić information content (AvgIpc) is 3.32. The molecule has 4 aromatic rings. The number of nitrogens with one attached hydrogen (secondary N) is 1. The van der Waals surface area contributed by atoms with E-state index in [0.717, 1.165) is 12.3 Å². The third kappa shape index (κ3) is 3.61. The molecule has 4 aromatic heterocycles. The zero-order chi connectivity index (χ0) is 21.7. The van der Waals surface area contributed by atoms with Crippen LogP contribution in [0.5, 0.6) is 0 Å². The molecule has 0 spiro atoms. The molecular formula is C16H11ClF3N7O2S. The van der Waals surface area contributed by atoms with Crippen LogP contribution >= 0.6 is 11.6 Å². The number of aromatic nitrogens is 7. The molecule has 4 heterocycles. The Labute approximate surface area is 171 Å². The van der Waals surface area contributed by atoms with Crippen LogP contribution in [-0.2, 0) is 16.0 Å². The molecule has 0 unspecified atom stereocenters. The van der Waals surface area contributed by atoms with Gasteiger partial charge in [0.05, 0.1) is 27.9 Å².